The van der Waals surface area contributed by atoms with Crippen molar-refractivity contribution >= 4 is 27.8 Å². The highest BCUT2D eigenvalue weighted by molar-refractivity contribution is 5.98. The third kappa shape index (κ3) is 1.32. The van der Waals surface area contributed by atoms with Crippen molar-refractivity contribution in [3.63, 3.8) is 0 Å². The molecule has 5 nitrogen and oxygen atoms in total. The number of nitrogens with two attached hydrogens (primary N) is 1. The van der Waals surface area contributed by atoms with Gasteiger partial charge in [0.1, 0.15) is 11.3 Å². The molecule has 2 heterocycles. The molecule has 0 bridgehead atoms. The van der Waals surface area contributed by atoms with Crippen LogP contribution < -0.4 is 10.5 Å². The number of hydrogen-bond acceptors (Lipinski definition) is 5. The van der Waals surface area contributed by atoms with Gasteiger partial charge in [-0.25, -0.2) is 4.98 Å². The molecule has 0 unspecified atom stereocenters. The van der Waals surface area contributed by atoms with Crippen molar-refractivity contribution in [3.05, 3.63) is 23.8 Å². The van der Waals surface area contributed by atoms with Crippen LogP contribution in [0.25, 0.3) is 22.0 Å². The Bertz CT molecular complexity index is 718. The van der Waals surface area contributed by atoms with Crippen LogP contribution in [0.5, 0.6) is 5.75 Å². The fraction of sp³-hybridized carbons (Fsp3) is 0.167. The largest absolute Gasteiger partial charge is 0.494 e. The van der Waals surface area contributed by atoms with Gasteiger partial charge in [0.25, 0.3) is 5.71 Å². The molecule has 0 radical (unpaired) electrons. The molecular formula is C12H11N3O2. The van der Waals surface area contributed by atoms with Gasteiger partial charge in [-0.05, 0) is 24.6 Å². The molecule has 5 heteroatoms. The van der Waals surface area contributed by atoms with E-state index in [2.05, 4.69) is 10.1 Å². The van der Waals surface area contributed by atoms with E-state index in [0.29, 0.717) is 17.3 Å². The third-order valence-corrected chi connectivity index (χ3v) is 2.86. The van der Waals surface area contributed by atoms with Crippen molar-refractivity contribution in [1.82, 2.24) is 10.1 Å². The first kappa shape index (κ1) is 9.89. The van der Waals surface area contributed by atoms with Crippen LogP contribution in [-0.2, 0) is 0 Å². The van der Waals surface area contributed by atoms with Gasteiger partial charge in [0, 0.05) is 5.39 Å². The summed E-state index contributed by atoms with van der Waals surface area (Å²) >= 11 is 0. The van der Waals surface area contributed by atoms with E-state index in [1.807, 2.05) is 25.1 Å². The van der Waals surface area contributed by atoms with Crippen LogP contribution in [0.2, 0.25) is 0 Å². The van der Waals surface area contributed by atoms with Crippen LogP contribution >= 0.6 is 0 Å². The molecule has 0 aliphatic carbocycles. The Labute approximate surface area is 97.2 Å². The Morgan fingerprint density at radius 1 is 1.29 bits per heavy atom. The molecule has 3 aromatic rings. The van der Waals surface area contributed by atoms with Gasteiger partial charge in [-0.3, -0.25) is 0 Å². The molecule has 17 heavy (non-hydrogen) atoms. The molecule has 0 saturated carbocycles. The first-order valence-electron chi connectivity index (χ1n) is 5.20. The molecular weight excluding hydrogens is 218 g/mol. The monoisotopic (exact) mass is 229 g/mol. The summed E-state index contributed by atoms with van der Waals surface area (Å²) in [5.41, 5.74) is 8.01. The average Bonchev–Trinajstić information content (AvgIpc) is 2.70. The second-order valence-corrected chi connectivity index (χ2v) is 3.89. The summed E-state index contributed by atoms with van der Waals surface area (Å²) in [5, 5.41) is 5.43. The molecule has 1 aromatic carbocycles. The zero-order valence-corrected chi connectivity index (χ0v) is 9.52. The number of benzene rings is 1. The summed E-state index contributed by atoms with van der Waals surface area (Å²) in [7, 11) is 1.62. The molecule has 0 spiro atoms. The summed E-state index contributed by atoms with van der Waals surface area (Å²) in [4.78, 5) is 4.40. The lowest BCUT2D eigenvalue weighted by Crippen LogP contribution is -1.90. The molecule has 3 rings (SSSR count). The first-order valence-corrected chi connectivity index (χ1v) is 5.20. The van der Waals surface area contributed by atoms with Gasteiger partial charge in [-0.2, -0.15) is 0 Å². The summed E-state index contributed by atoms with van der Waals surface area (Å²) in [6.45, 7) is 2.01. The lowest BCUT2D eigenvalue weighted by atomic mass is 10.1. The van der Waals surface area contributed by atoms with Gasteiger partial charge in [0.2, 0.25) is 0 Å². The summed E-state index contributed by atoms with van der Waals surface area (Å²) in [6, 6.07) is 5.80. The van der Waals surface area contributed by atoms with E-state index >= 15 is 0 Å². The molecule has 0 aliphatic rings. The van der Waals surface area contributed by atoms with Crippen LogP contribution in [0.15, 0.2) is 22.7 Å². The number of methoxy groups -OCH3 is 1. The predicted octanol–water partition coefficient (Wildman–Crippen LogP) is 2.28. The fourth-order valence-electron chi connectivity index (χ4n) is 1.91. The Morgan fingerprint density at radius 3 is 2.88 bits per heavy atom. The Balaban J connectivity index is 2.51. The van der Waals surface area contributed by atoms with Crippen molar-refractivity contribution in [3.8, 4) is 5.75 Å². The standard InChI is InChI=1S/C12H11N3O2/c1-6-3-4-9(16-2)10-7(6)5-8-11(13)15-17-12(8)14-10/h3-5H,1-2H3,(H2,13,15). The van der Waals surface area contributed by atoms with Gasteiger partial charge in [-0.15, -0.1) is 0 Å². The molecule has 2 aromatic heterocycles. The molecule has 0 atom stereocenters. The Hall–Kier alpha value is -2.30. The van der Waals surface area contributed by atoms with Gasteiger partial charge in [0.05, 0.1) is 12.5 Å². The smallest absolute Gasteiger partial charge is 0.260 e. The van der Waals surface area contributed by atoms with Crippen LogP contribution in [0.4, 0.5) is 5.82 Å². The summed E-state index contributed by atoms with van der Waals surface area (Å²) in [5.74, 6) is 1.07. The minimum absolute atomic E-state index is 0.358. The Morgan fingerprint density at radius 2 is 2.12 bits per heavy atom. The second kappa shape index (κ2) is 3.35. The zero-order chi connectivity index (χ0) is 12.0. The van der Waals surface area contributed by atoms with Crippen molar-refractivity contribution in [1.29, 1.82) is 0 Å². The minimum atomic E-state index is 0.358. The predicted molar refractivity (Wildman–Crippen MR) is 65.0 cm³/mol. The van der Waals surface area contributed by atoms with E-state index in [-0.39, 0.29) is 0 Å². The number of nitrogen functional groups attached to an aromatic ring is 1. The number of fused-ring (bicyclic) bond motifs is 2. The van der Waals surface area contributed by atoms with Crippen LogP contribution in [0, 0.1) is 6.92 Å². The lowest BCUT2D eigenvalue weighted by Gasteiger charge is -2.06. The maximum absolute atomic E-state index is 5.71. The van der Waals surface area contributed by atoms with Crippen LogP contribution in [0.3, 0.4) is 0 Å². The van der Waals surface area contributed by atoms with Crippen LogP contribution in [-0.4, -0.2) is 17.3 Å². The maximum atomic E-state index is 5.71. The van der Waals surface area contributed by atoms with Gasteiger partial charge >= 0.3 is 0 Å². The summed E-state index contributed by atoms with van der Waals surface area (Å²) < 4.78 is 10.3. The number of anilines is 1. The molecule has 0 saturated heterocycles. The topological polar surface area (TPSA) is 74.2 Å². The number of aryl methyl sites for hydroxylation is 1. The zero-order valence-electron chi connectivity index (χ0n) is 9.52. The van der Waals surface area contributed by atoms with Gasteiger partial charge < -0.3 is 15.0 Å². The molecule has 0 amide bonds. The second-order valence-electron chi connectivity index (χ2n) is 3.89. The van der Waals surface area contributed by atoms with Gasteiger partial charge in [0.15, 0.2) is 5.82 Å². The number of rotatable bonds is 1. The van der Waals surface area contributed by atoms with Crippen molar-refractivity contribution in [2.45, 2.75) is 6.92 Å². The van der Waals surface area contributed by atoms with E-state index in [1.165, 1.54) is 0 Å². The van der Waals surface area contributed by atoms with E-state index in [1.54, 1.807) is 7.11 Å². The fourth-order valence-corrected chi connectivity index (χ4v) is 1.91. The molecule has 0 fully saturated rings. The summed E-state index contributed by atoms with van der Waals surface area (Å²) in [6.07, 6.45) is 0. The highest BCUT2D eigenvalue weighted by atomic mass is 16.5. The minimum Gasteiger partial charge on any atom is -0.494 e. The molecule has 2 N–H and O–H groups in total. The SMILES string of the molecule is COc1ccc(C)c2cc3c(N)noc3nc12. The van der Waals surface area contributed by atoms with E-state index in [9.17, 15) is 0 Å². The Kier molecular flexibility index (Phi) is 1.95. The first-order chi connectivity index (χ1) is 8.20. The lowest BCUT2D eigenvalue weighted by molar-refractivity contribution is 0.418. The number of ether oxygens (including phenoxy) is 1. The number of nitrogens with zero attached hydrogens (tertiary/aromatic N) is 2. The normalized spacial score (nSPS) is 11.2. The third-order valence-electron chi connectivity index (χ3n) is 2.86. The highest BCUT2D eigenvalue weighted by Gasteiger charge is 2.12. The van der Waals surface area contributed by atoms with Crippen molar-refractivity contribution in [2.24, 2.45) is 0 Å². The number of hydrogen-bond donors (Lipinski definition) is 1. The molecule has 86 valence electrons. The van der Waals surface area contributed by atoms with E-state index in [4.69, 9.17) is 15.0 Å². The quantitative estimate of drug-likeness (QED) is 0.692. The van der Waals surface area contributed by atoms with Crippen molar-refractivity contribution < 1.29 is 9.26 Å². The highest BCUT2D eigenvalue weighted by Crippen LogP contribution is 2.31. The number of aromatic nitrogens is 2. The van der Waals surface area contributed by atoms with Crippen LogP contribution in [0.1, 0.15) is 5.56 Å². The van der Waals surface area contributed by atoms with E-state index < -0.39 is 0 Å². The molecule has 0 aliphatic heterocycles. The number of pyridine rings is 1. The van der Waals surface area contributed by atoms with E-state index in [0.717, 1.165) is 21.9 Å². The van der Waals surface area contributed by atoms with Gasteiger partial charge in [-0.1, -0.05) is 11.2 Å². The average molecular weight is 229 g/mol. The maximum Gasteiger partial charge on any atom is 0.260 e. The van der Waals surface area contributed by atoms with Crippen molar-refractivity contribution in [2.75, 3.05) is 12.8 Å².